The fraction of sp³-hybridized carbons (Fsp3) is 0.111. The average molecular weight is 291 g/mol. The molecule has 0 amide bonds. The average Bonchev–Trinajstić information content (AvgIpc) is 2.38. The second kappa shape index (κ2) is 3.40. The van der Waals surface area contributed by atoms with Crippen LogP contribution >= 0.6 is 28.6 Å². The van der Waals surface area contributed by atoms with Crippen molar-refractivity contribution in [3.8, 4) is 0 Å². The molecule has 0 radical (unpaired) electrons. The Balaban J connectivity index is 2.71. The molecule has 14 heavy (non-hydrogen) atoms. The third kappa shape index (κ3) is 1.43. The molecule has 1 aliphatic heterocycles. The molecule has 1 heterocycles. The van der Waals surface area contributed by atoms with E-state index in [1.807, 2.05) is 6.07 Å². The van der Waals surface area contributed by atoms with Gasteiger partial charge in [-0.3, -0.25) is 0 Å². The van der Waals surface area contributed by atoms with Crippen LogP contribution in [0.25, 0.3) is 6.08 Å². The zero-order chi connectivity index (χ0) is 10.3. The summed E-state index contributed by atoms with van der Waals surface area (Å²) in [5, 5.41) is 0. The molecule has 2 nitrogen and oxygen atoms in total. The molecule has 0 N–H and O–H groups in total. The highest BCUT2D eigenvalue weighted by Gasteiger charge is 2.28. The fourth-order valence-corrected chi connectivity index (χ4v) is 3.95. The number of thiol groups is 1. The van der Waals surface area contributed by atoms with Gasteiger partial charge in [-0.05, 0) is 23.8 Å². The van der Waals surface area contributed by atoms with Gasteiger partial charge >= 0.3 is 0 Å². The molecule has 0 saturated carbocycles. The SMILES string of the molecule is O=S1(=O)C(CS)=Cc2ccc(Br)cc21. The third-order valence-electron chi connectivity index (χ3n) is 2.08. The van der Waals surface area contributed by atoms with Crippen molar-refractivity contribution in [3.63, 3.8) is 0 Å². The summed E-state index contributed by atoms with van der Waals surface area (Å²) in [6.45, 7) is 0. The molecule has 0 aliphatic carbocycles. The van der Waals surface area contributed by atoms with E-state index in [0.29, 0.717) is 9.80 Å². The second-order valence-electron chi connectivity index (χ2n) is 2.95. The van der Waals surface area contributed by atoms with Crippen LogP contribution in [0, 0.1) is 0 Å². The molecular formula is C9H7BrO2S2. The van der Waals surface area contributed by atoms with E-state index in [2.05, 4.69) is 28.6 Å². The van der Waals surface area contributed by atoms with Gasteiger partial charge in [-0.1, -0.05) is 22.0 Å². The van der Waals surface area contributed by atoms with E-state index >= 15 is 0 Å². The summed E-state index contributed by atoms with van der Waals surface area (Å²) in [5.41, 5.74) is 0.747. The highest BCUT2D eigenvalue weighted by molar-refractivity contribution is 9.10. The zero-order valence-corrected chi connectivity index (χ0v) is 10.4. The maximum Gasteiger partial charge on any atom is 0.204 e. The number of hydrogen-bond acceptors (Lipinski definition) is 3. The lowest BCUT2D eigenvalue weighted by Gasteiger charge is -2.00. The van der Waals surface area contributed by atoms with Gasteiger partial charge in [-0.25, -0.2) is 8.42 Å². The van der Waals surface area contributed by atoms with Crippen molar-refractivity contribution < 1.29 is 8.42 Å². The van der Waals surface area contributed by atoms with Crippen LogP contribution in [0.4, 0.5) is 0 Å². The Morgan fingerprint density at radius 2 is 2.07 bits per heavy atom. The molecule has 0 unspecified atom stereocenters. The Hall–Kier alpha value is -0.260. The number of rotatable bonds is 1. The molecule has 1 aromatic carbocycles. The minimum absolute atomic E-state index is 0.245. The zero-order valence-electron chi connectivity index (χ0n) is 7.07. The van der Waals surface area contributed by atoms with E-state index < -0.39 is 9.84 Å². The first kappa shape index (κ1) is 10.3. The number of halogens is 1. The van der Waals surface area contributed by atoms with E-state index in [4.69, 9.17) is 0 Å². The maximum atomic E-state index is 11.8. The Bertz CT molecular complexity index is 518. The normalized spacial score (nSPS) is 17.7. The lowest BCUT2D eigenvalue weighted by Crippen LogP contribution is -2.01. The largest absolute Gasteiger partial charge is 0.219 e. The Labute approximate surface area is 96.5 Å². The minimum atomic E-state index is -3.26. The lowest BCUT2D eigenvalue weighted by atomic mass is 10.2. The van der Waals surface area contributed by atoms with Crippen molar-refractivity contribution in [1.29, 1.82) is 0 Å². The van der Waals surface area contributed by atoms with Gasteiger partial charge in [0.25, 0.3) is 0 Å². The number of hydrogen-bond donors (Lipinski definition) is 1. The van der Waals surface area contributed by atoms with Gasteiger partial charge in [0.2, 0.25) is 9.84 Å². The van der Waals surface area contributed by atoms with Crippen LogP contribution in [-0.4, -0.2) is 14.2 Å². The van der Waals surface area contributed by atoms with Crippen LogP contribution in [0.2, 0.25) is 0 Å². The van der Waals surface area contributed by atoms with Crippen LogP contribution in [0.3, 0.4) is 0 Å². The van der Waals surface area contributed by atoms with Gasteiger partial charge < -0.3 is 0 Å². The molecule has 0 aromatic heterocycles. The summed E-state index contributed by atoms with van der Waals surface area (Å²) >= 11 is 7.25. The van der Waals surface area contributed by atoms with Crippen LogP contribution in [0.1, 0.15) is 5.56 Å². The van der Waals surface area contributed by atoms with Gasteiger partial charge in [0.1, 0.15) is 0 Å². The molecule has 0 spiro atoms. The number of fused-ring (bicyclic) bond motifs is 1. The lowest BCUT2D eigenvalue weighted by molar-refractivity contribution is 0.603. The van der Waals surface area contributed by atoms with E-state index in [-0.39, 0.29) is 5.75 Å². The quantitative estimate of drug-likeness (QED) is 0.807. The smallest absolute Gasteiger partial charge is 0.204 e. The molecule has 2 rings (SSSR count). The Morgan fingerprint density at radius 1 is 1.36 bits per heavy atom. The summed E-state index contributed by atoms with van der Waals surface area (Å²) in [4.78, 5) is 0.741. The van der Waals surface area contributed by atoms with Crippen molar-refractivity contribution in [1.82, 2.24) is 0 Å². The third-order valence-corrected chi connectivity index (χ3v) is 5.02. The molecule has 74 valence electrons. The summed E-state index contributed by atoms with van der Waals surface area (Å²) in [5.74, 6) is 0.245. The predicted octanol–water partition coefficient (Wildman–Crippen LogP) is 2.51. The summed E-state index contributed by atoms with van der Waals surface area (Å²) in [7, 11) is -3.26. The molecule has 0 fully saturated rings. The standard InChI is InChI=1S/C9H7BrO2S2/c10-7-2-1-6-3-8(5-13)14(11,12)9(6)4-7/h1-4,13H,5H2. The van der Waals surface area contributed by atoms with Gasteiger partial charge in [0, 0.05) is 10.2 Å². The molecular weight excluding hydrogens is 284 g/mol. The predicted molar refractivity (Wildman–Crippen MR) is 63.2 cm³/mol. The van der Waals surface area contributed by atoms with Gasteiger partial charge in [-0.15, -0.1) is 0 Å². The van der Waals surface area contributed by atoms with Gasteiger partial charge in [-0.2, -0.15) is 12.6 Å². The van der Waals surface area contributed by atoms with Crippen molar-refractivity contribution in [2.45, 2.75) is 4.90 Å². The first-order valence-electron chi connectivity index (χ1n) is 3.92. The molecule has 1 aromatic rings. The summed E-state index contributed by atoms with van der Waals surface area (Å²) in [6, 6.07) is 5.23. The van der Waals surface area contributed by atoms with Gasteiger partial charge in [0.15, 0.2) is 0 Å². The Morgan fingerprint density at radius 3 is 2.71 bits per heavy atom. The van der Waals surface area contributed by atoms with E-state index in [9.17, 15) is 8.42 Å². The van der Waals surface area contributed by atoms with Crippen molar-refractivity contribution in [2.75, 3.05) is 5.75 Å². The highest BCUT2D eigenvalue weighted by Crippen LogP contribution is 2.34. The topological polar surface area (TPSA) is 34.1 Å². The van der Waals surface area contributed by atoms with Gasteiger partial charge in [0.05, 0.1) is 9.80 Å². The molecule has 0 bridgehead atoms. The molecule has 1 aliphatic rings. The number of sulfone groups is 1. The minimum Gasteiger partial charge on any atom is -0.219 e. The summed E-state index contributed by atoms with van der Waals surface area (Å²) < 4.78 is 24.4. The number of benzene rings is 1. The van der Waals surface area contributed by atoms with E-state index in [0.717, 1.165) is 10.0 Å². The van der Waals surface area contributed by atoms with Crippen LogP contribution in [0.5, 0.6) is 0 Å². The van der Waals surface area contributed by atoms with Crippen molar-refractivity contribution >= 4 is 44.5 Å². The first-order chi connectivity index (χ1) is 6.55. The molecule has 0 atom stereocenters. The first-order valence-corrected chi connectivity index (χ1v) is 6.82. The van der Waals surface area contributed by atoms with Crippen molar-refractivity contribution in [3.05, 3.63) is 33.1 Å². The summed E-state index contributed by atoms with van der Waals surface area (Å²) in [6.07, 6.45) is 1.67. The van der Waals surface area contributed by atoms with E-state index in [1.54, 1.807) is 18.2 Å². The second-order valence-corrected chi connectivity index (χ2v) is 6.16. The highest BCUT2D eigenvalue weighted by atomic mass is 79.9. The van der Waals surface area contributed by atoms with Crippen LogP contribution < -0.4 is 0 Å². The maximum absolute atomic E-state index is 11.8. The van der Waals surface area contributed by atoms with Crippen molar-refractivity contribution in [2.24, 2.45) is 0 Å². The Kier molecular flexibility index (Phi) is 2.49. The fourth-order valence-electron chi connectivity index (χ4n) is 1.38. The molecule has 5 heteroatoms. The van der Waals surface area contributed by atoms with Crippen LogP contribution in [-0.2, 0) is 9.84 Å². The molecule has 0 saturated heterocycles. The van der Waals surface area contributed by atoms with E-state index in [1.165, 1.54) is 0 Å². The monoisotopic (exact) mass is 290 g/mol. The van der Waals surface area contributed by atoms with Crippen LogP contribution in [0.15, 0.2) is 32.5 Å².